The predicted octanol–water partition coefficient (Wildman–Crippen LogP) is 3.46. The number of hydrogen-bond acceptors (Lipinski definition) is 1. The Kier molecular flexibility index (Phi) is 2.40. The molecule has 13 heavy (non-hydrogen) atoms. The van der Waals surface area contributed by atoms with Gasteiger partial charge in [0.1, 0.15) is 0 Å². The summed E-state index contributed by atoms with van der Waals surface area (Å²) in [7, 11) is 0. The zero-order valence-corrected chi connectivity index (χ0v) is 9.68. The maximum atomic E-state index is 4.74. The summed E-state index contributed by atoms with van der Waals surface area (Å²) in [5.74, 6) is 0. The van der Waals surface area contributed by atoms with Gasteiger partial charge >= 0.3 is 0 Å². The lowest BCUT2D eigenvalue weighted by Gasteiger charge is -2.24. The molecule has 0 bridgehead atoms. The third kappa shape index (κ3) is 2.43. The Morgan fingerprint density at radius 2 is 1.62 bits per heavy atom. The van der Waals surface area contributed by atoms with Crippen molar-refractivity contribution in [2.45, 2.75) is 47.6 Å². The van der Waals surface area contributed by atoms with E-state index in [0.717, 1.165) is 0 Å². The smallest absolute Gasteiger partial charge is 0.0735 e. The minimum absolute atomic E-state index is 0.191. The molecule has 0 aromatic carbocycles. The molecule has 0 spiro atoms. The fourth-order valence-corrected chi connectivity index (χ4v) is 1.34. The van der Waals surface area contributed by atoms with Gasteiger partial charge in [0.25, 0.3) is 0 Å². The van der Waals surface area contributed by atoms with Gasteiger partial charge in [0.15, 0.2) is 0 Å². The third-order valence-electron chi connectivity index (χ3n) is 2.37. The molecule has 74 valence electrons. The topological polar surface area (TPSA) is 12.4 Å². The first-order chi connectivity index (χ1) is 5.71. The monoisotopic (exact) mass is 179 g/mol. The average molecular weight is 179 g/mol. The van der Waals surface area contributed by atoms with Crippen LogP contribution in [-0.2, 0) is 0 Å². The van der Waals surface area contributed by atoms with E-state index in [-0.39, 0.29) is 10.8 Å². The summed E-state index contributed by atoms with van der Waals surface area (Å²) in [4.78, 5) is 4.74. The van der Waals surface area contributed by atoms with E-state index in [2.05, 4.69) is 53.7 Å². The van der Waals surface area contributed by atoms with Crippen LogP contribution in [-0.4, -0.2) is 11.8 Å². The number of allylic oxidation sites excluding steroid dienone is 1. The lowest BCUT2D eigenvalue weighted by Crippen LogP contribution is -2.22. The van der Waals surface area contributed by atoms with E-state index in [1.807, 2.05) is 0 Å². The van der Waals surface area contributed by atoms with Gasteiger partial charge in [-0.25, -0.2) is 0 Å². The molecule has 0 aromatic rings. The molecule has 0 N–H and O–H groups in total. The van der Waals surface area contributed by atoms with Crippen LogP contribution in [0.1, 0.15) is 41.5 Å². The Bertz CT molecular complexity index is 245. The summed E-state index contributed by atoms with van der Waals surface area (Å²) in [6.07, 6.45) is 4.40. The normalized spacial score (nSPS) is 23.5. The molecule has 0 radical (unpaired) electrons. The summed E-state index contributed by atoms with van der Waals surface area (Å²) in [5, 5.41) is 0. The molecule has 0 aliphatic carbocycles. The molecular weight excluding hydrogens is 158 g/mol. The van der Waals surface area contributed by atoms with Crippen LogP contribution in [0.5, 0.6) is 0 Å². The van der Waals surface area contributed by atoms with Gasteiger partial charge in [-0.1, -0.05) is 47.6 Å². The van der Waals surface area contributed by atoms with Crippen molar-refractivity contribution in [1.82, 2.24) is 0 Å². The van der Waals surface area contributed by atoms with Crippen molar-refractivity contribution in [2.75, 3.05) is 0 Å². The van der Waals surface area contributed by atoms with Crippen LogP contribution in [0.4, 0.5) is 0 Å². The summed E-state index contributed by atoms with van der Waals surface area (Å²) in [5.41, 5.74) is 1.67. The van der Waals surface area contributed by atoms with Gasteiger partial charge in [0, 0.05) is 11.1 Å². The van der Waals surface area contributed by atoms with Gasteiger partial charge in [0.05, 0.1) is 6.04 Å². The first kappa shape index (κ1) is 10.5. The summed E-state index contributed by atoms with van der Waals surface area (Å²) in [6, 6.07) is 0.363. The maximum Gasteiger partial charge on any atom is 0.0735 e. The van der Waals surface area contributed by atoms with Crippen molar-refractivity contribution in [1.29, 1.82) is 0 Å². The minimum Gasteiger partial charge on any atom is -0.281 e. The van der Waals surface area contributed by atoms with Crippen molar-refractivity contribution < 1.29 is 0 Å². The molecule has 1 unspecified atom stereocenters. The molecule has 0 aromatic heterocycles. The molecular formula is C12H21N. The quantitative estimate of drug-likeness (QED) is 0.540. The Labute approximate surface area is 82.0 Å². The van der Waals surface area contributed by atoms with Gasteiger partial charge in [-0.15, -0.1) is 0 Å². The van der Waals surface area contributed by atoms with E-state index < -0.39 is 0 Å². The Hall–Kier alpha value is -0.590. The number of aliphatic imine (C=N–C) groups is 1. The number of nitrogens with zero attached hydrogens (tertiary/aromatic N) is 1. The lowest BCUT2D eigenvalue weighted by atomic mass is 9.88. The van der Waals surface area contributed by atoms with E-state index in [4.69, 9.17) is 4.99 Å². The van der Waals surface area contributed by atoms with Crippen LogP contribution >= 0.6 is 0 Å². The fraction of sp³-hybridized carbons (Fsp3) is 0.750. The van der Waals surface area contributed by atoms with Crippen LogP contribution in [0.25, 0.3) is 0 Å². The molecule has 1 heteroatoms. The van der Waals surface area contributed by atoms with Crippen molar-refractivity contribution in [3.63, 3.8) is 0 Å². The molecule has 1 atom stereocenters. The van der Waals surface area contributed by atoms with E-state index in [9.17, 15) is 0 Å². The Morgan fingerprint density at radius 3 is 1.85 bits per heavy atom. The highest BCUT2D eigenvalue weighted by atomic mass is 14.8. The van der Waals surface area contributed by atoms with E-state index in [1.54, 1.807) is 0 Å². The predicted molar refractivity (Wildman–Crippen MR) is 59.3 cm³/mol. The minimum atomic E-state index is 0.191. The van der Waals surface area contributed by atoms with Gasteiger partial charge in [0.2, 0.25) is 0 Å². The Morgan fingerprint density at radius 1 is 1.08 bits per heavy atom. The summed E-state index contributed by atoms with van der Waals surface area (Å²) < 4.78 is 0. The second kappa shape index (κ2) is 2.97. The molecule has 1 rings (SSSR count). The average Bonchev–Trinajstić information content (AvgIpc) is 2.28. The van der Waals surface area contributed by atoms with Crippen molar-refractivity contribution in [3.8, 4) is 0 Å². The lowest BCUT2D eigenvalue weighted by molar-refractivity contribution is 0.369. The molecule has 0 saturated heterocycles. The van der Waals surface area contributed by atoms with Crippen LogP contribution in [0.15, 0.2) is 17.1 Å². The molecule has 1 nitrogen and oxygen atoms in total. The van der Waals surface area contributed by atoms with Gasteiger partial charge < -0.3 is 0 Å². The van der Waals surface area contributed by atoms with E-state index in [0.29, 0.717) is 6.04 Å². The summed E-state index contributed by atoms with van der Waals surface area (Å²) >= 11 is 0. The SMILES string of the molecule is CC(C)(C)C1=NC(C(C)(C)C)C=C1. The maximum absolute atomic E-state index is 4.74. The van der Waals surface area contributed by atoms with Crippen LogP contribution in [0.3, 0.4) is 0 Å². The van der Waals surface area contributed by atoms with E-state index in [1.165, 1.54) is 5.71 Å². The number of rotatable bonds is 0. The zero-order valence-electron chi connectivity index (χ0n) is 9.68. The number of hydrogen-bond donors (Lipinski definition) is 0. The van der Waals surface area contributed by atoms with Crippen molar-refractivity contribution in [3.05, 3.63) is 12.2 Å². The van der Waals surface area contributed by atoms with Gasteiger partial charge in [-0.05, 0) is 11.5 Å². The second-order valence-corrected chi connectivity index (χ2v) is 5.93. The van der Waals surface area contributed by atoms with Gasteiger partial charge in [-0.3, -0.25) is 4.99 Å². The Balaban J connectivity index is 2.84. The van der Waals surface area contributed by atoms with Gasteiger partial charge in [-0.2, -0.15) is 0 Å². The molecule has 1 aliphatic rings. The second-order valence-electron chi connectivity index (χ2n) is 5.93. The zero-order chi connectivity index (χ0) is 10.3. The molecule has 1 aliphatic heterocycles. The largest absolute Gasteiger partial charge is 0.281 e. The first-order valence-electron chi connectivity index (χ1n) is 4.98. The fourth-order valence-electron chi connectivity index (χ4n) is 1.34. The molecule has 0 amide bonds. The van der Waals surface area contributed by atoms with E-state index >= 15 is 0 Å². The highest BCUT2D eigenvalue weighted by molar-refractivity contribution is 6.00. The molecule has 0 fully saturated rings. The molecule has 1 heterocycles. The summed E-state index contributed by atoms with van der Waals surface area (Å²) in [6.45, 7) is 13.3. The van der Waals surface area contributed by atoms with Crippen LogP contribution < -0.4 is 0 Å². The van der Waals surface area contributed by atoms with Crippen LogP contribution in [0, 0.1) is 10.8 Å². The third-order valence-corrected chi connectivity index (χ3v) is 2.37. The standard InChI is InChI=1S/C12H21N/c1-11(2,3)9-7-8-10(13-9)12(4,5)6/h7-9H,1-6H3. The molecule has 0 saturated carbocycles. The first-order valence-corrected chi connectivity index (χ1v) is 4.98. The van der Waals surface area contributed by atoms with Crippen molar-refractivity contribution in [2.24, 2.45) is 15.8 Å². The van der Waals surface area contributed by atoms with Crippen LogP contribution in [0.2, 0.25) is 0 Å². The highest BCUT2D eigenvalue weighted by Gasteiger charge is 2.28. The van der Waals surface area contributed by atoms with Crippen molar-refractivity contribution >= 4 is 5.71 Å². The highest BCUT2D eigenvalue weighted by Crippen LogP contribution is 2.30.